The van der Waals surface area contributed by atoms with Gasteiger partial charge in [-0.25, -0.2) is 4.98 Å². The molecule has 90 valence electrons. The molecule has 1 heterocycles. The molecule has 1 aromatic heterocycles. The lowest BCUT2D eigenvalue weighted by atomic mass is 9.99. The summed E-state index contributed by atoms with van der Waals surface area (Å²) in [7, 11) is 0. The SMILES string of the molecule is CCc1ccccc1-c1ccc(N)nc1N.Cl. The van der Waals surface area contributed by atoms with Crippen LogP contribution in [0, 0.1) is 0 Å². The van der Waals surface area contributed by atoms with Crippen molar-refractivity contribution in [3.63, 3.8) is 0 Å². The standard InChI is InChI=1S/C13H15N3.ClH/c1-2-9-5-3-4-6-10(9)11-7-8-12(14)16-13(11)15;/h3-8H,2H2,1H3,(H4,14,15,16);1H. The van der Waals surface area contributed by atoms with E-state index in [1.54, 1.807) is 6.07 Å². The molecular formula is C13H16ClN3. The van der Waals surface area contributed by atoms with Crippen LogP contribution in [-0.2, 0) is 6.42 Å². The molecule has 0 radical (unpaired) electrons. The lowest BCUT2D eigenvalue weighted by Gasteiger charge is -2.10. The summed E-state index contributed by atoms with van der Waals surface area (Å²) in [6.45, 7) is 2.12. The normalized spacial score (nSPS) is 9.71. The Labute approximate surface area is 107 Å². The molecule has 3 nitrogen and oxygen atoms in total. The monoisotopic (exact) mass is 249 g/mol. The van der Waals surface area contributed by atoms with Gasteiger partial charge in [0, 0.05) is 5.56 Å². The molecule has 4 N–H and O–H groups in total. The molecule has 0 amide bonds. The van der Waals surface area contributed by atoms with E-state index in [0.29, 0.717) is 11.6 Å². The minimum Gasteiger partial charge on any atom is -0.384 e. The molecule has 4 heteroatoms. The molecule has 0 atom stereocenters. The first-order valence-corrected chi connectivity index (χ1v) is 5.32. The average Bonchev–Trinajstić information content (AvgIpc) is 2.29. The zero-order valence-electron chi connectivity index (χ0n) is 9.68. The summed E-state index contributed by atoms with van der Waals surface area (Å²) in [5, 5.41) is 0. The van der Waals surface area contributed by atoms with Crippen LogP contribution in [0.3, 0.4) is 0 Å². The van der Waals surface area contributed by atoms with Crippen LogP contribution in [-0.4, -0.2) is 4.98 Å². The fourth-order valence-corrected chi connectivity index (χ4v) is 1.81. The maximum Gasteiger partial charge on any atom is 0.133 e. The van der Waals surface area contributed by atoms with Gasteiger partial charge >= 0.3 is 0 Å². The molecule has 0 bridgehead atoms. The summed E-state index contributed by atoms with van der Waals surface area (Å²) in [5.41, 5.74) is 14.8. The van der Waals surface area contributed by atoms with Gasteiger partial charge in [0.15, 0.2) is 0 Å². The first-order chi connectivity index (χ1) is 7.72. The summed E-state index contributed by atoms with van der Waals surface area (Å²) in [6.07, 6.45) is 0.972. The number of halogens is 1. The van der Waals surface area contributed by atoms with Gasteiger partial charge < -0.3 is 11.5 Å². The molecule has 0 unspecified atom stereocenters. The topological polar surface area (TPSA) is 64.9 Å². The molecule has 0 aliphatic heterocycles. The van der Waals surface area contributed by atoms with Crippen LogP contribution in [0.15, 0.2) is 36.4 Å². The number of rotatable bonds is 2. The minimum absolute atomic E-state index is 0. The highest BCUT2D eigenvalue weighted by Crippen LogP contribution is 2.28. The van der Waals surface area contributed by atoms with Crippen LogP contribution in [0.5, 0.6) is 0 Å². The molecule has 0 aliphatic rings. The van der Waals surface area contributed by atoms with Crippen molar-refractivity contribution in [1.29, 1.82) is 0 Å². The van der Waals surface area contributed by atoms with Gasteiger partial charge in [-0.05, 0) is 29.7 Å². The number of nitrogen functional groups attached to an aromatic ring is 2. The lowest BCUT2D eigenvalue weighted by Crippen LogP contribution is -1.99. The maximum absolute atomic E-state index is 5.89. The summed E-state index contributed by atoms with van der Waals surface area (Å²) in [4.78, 5) is 4.08. The quantitative estimate of drug-likeness (QED) is 0.860. The molecule has 2 rings (SSSR count). The summed E-state index contributed by atoms with van der Waals surface area (Å²) in [5.74, 6) is 0.941. The number of anilines is 2. The minimum atomic E-state index is 0. The number of benzene rings is 1. The molecule has 0 fully saturated rings. The fraction of sp³-hybridized carbons (Fsp3) is 0.154. The van der Waals surface area contributed by atoms with Crippen LogP contribution >= 0.6 is 12.4 Å². The number of nitrogens with two attached hydrogens (primary N) is 2. The first kappa shape index (κ1) is 13.3. The Kier molecular flexibility index (Phi) is 4.35. The van der Waals surface area contributed by atoms with Crippen LogP contribution in [0.1, 0.15) is 12.5 Å². The van der Waals surface area contributed by atoms with Gasteiger partial charge in [0.05, 0.1) is 0 Å². The first-order valence-electron chi connectivity index (χ1n) is 5.32. The smallest absolute Gasteiger partial charge is 0.133 e. The molecule has 1 aromatic carbocycles. The van der Waals surface area contributed by atoms with Crippen LogP contribution in [0.4, 0.5) is 11.6 Å². The van der Waals surface area contributed by atoms with Crippen molar-refractivity contribution in [3.05, 3.63) is 42.0 Å². The summed E-state index contributed by atoms with van der Waals surface area (Å²) >= 11 is 0. The van der Waals surface area contributed by atoms with E-state index in [9.17, 15) is 0 Å². The molecule has 2 aromatic rings. The Morgan fingerprint density at radius 2 is 1.71 bits per heavy atom. The van der Waals surface area contributed by atoms with Gasteiger partial charge in [0.25, 0.3) is 0 Å². The fourth-order valence-electron chi connectivity index (χ4n) is 1.81. The Hall–Kier alpha value is -1.74. The highest BCUT2D eigenvalue weighted by molar-refractivity contribution is 5.85. The molecule has 0 saturated carbocycles. The molecule has 17 heavy (non-hydrogen) atoms. The molecular weight excluding hydrogens is 234 g/mol. The third-order valence-corrected chi connectivity index (χ3v) is 2.63. The van der Waals surface area contributed by atoms with E-state index in [1.165, 1.54) is 5.56 Å². The van der Waals surface area contributed by atoms with E-state index in [4.69, 9.17) is 11.5 Å². The van der Waals surface area contributed by atoms with E-state index in [0.717, 1.165) is 17.5 Å². The number of pyridine rings is 1. The average molecular weight is 250 g/mol. The second-order valence-electron chi connectivity index (χ2n) is 3.68. The summed E-state index contributed by atoms with van der Waals surface area (Å²) in [6, 6.07) is 11.9. The Morgan fingerprint density at radius 1 is 1.00 bits per heavy atom. The Morgan fingerprint density at radius 3 is 2.35 bits per heavy atom. The number of hydrogen-bond donors (Lipinski definition) is 2. The van der Waals surface area contributed by atoms with Gasteiger partial charge in [-0.15, -0.1) is 12.4 Å². The van der Waals surface area contributed by atoms with Crippen molar-refractivity contribution >= 4 is 24.0 Å². The third kappa shape index (κ3) is 2.68. The number of aromatic nitrogens is 1. The number of nitrogens with zero attached hydrogens (tertiary/aromatic N) is 1. The number of hydrogen-bond acceptors (Lipinski definition) is 3. The third-order valence-electron chi connectivity index (χ3n) is 2.63. The highest BCUT2D eigenvalue weighted by atomic mass is 35.5. The van der Waals surface area contributed by atoms with Crippen LogP contribution in [0.25, 0.3) is 11.1 Å². The van der Waals surface area contributed by atoms with Crippen molar-refractivity contribution in [1.82, 2.24) is 4.98 Å². The van der Waals surface area contributed by atoms with E-state index in [2.05, 4.69) is 24.0 Å². The van der Waals surface area contributed by atoms with Gasteiger partial charge in [-0.1, -0.05) is 31.2 Å². The van der Waals surface area contributed by atoms with Crippen molar-refractivity contribution in [2.75, 3.05) is 11.5 Å². The number of aryl methyl sites for hydroxylation is 1. The zero-order chi connectivity index (χ0) is 11.5. The van der Waals surface area contributed by atoms with Crippen molar-refractivity contribution in [3.8, 4) is 11.1 Å². The largest absolute Gasteiger partial charge is 0.384 e. The van der Waals surface area contributed by atoms with Gasteiger partial charge in [0.1, 0.15) is 11.6 Å². The lowest BCUT2D eigenvalue weighted by molar-refractivity contribution is 1.14. The predicted octanol–water partition coefficient (Wildman–Crippen LogP) is 2.90. The van der Waals surface area contributed by atoms with Crippen LogP contribution in [0.2, 0.25) is 0 Å². The van der Waals surface area contributed by atoms with Crippen molar-refractivity contribution in [2.24, 2.45) is 0 Å². The maximum atomic E-state index is 5.89. The molecule has 0 saturated heterocycles. The van der Waals surface area contributed by atoms with E-state index < -0.39 is 0 Å². The van der Waals surface area contributed by atoms with E-state index in [1.807, 2.05) is 18.2 Å². The van der Waals surface area contributed by atoms with Crippen molar-refractivity contribution in [2.45, 2.75) is 13.3 Å². The van der Waals surface area contributed by atoms with Gasteiger partial charge in [0.2, 0.25) is 0 Å². The Bertz CT molecular complexity index is 512. The van der Waals surface area contributed by atoms with Gasteiger partial charge in [-0.2, -0.15) is 0 Å². The zero-order valence-corrected chi connectivity index (χ0v) is 10.5. The van der Waals surface area contributed by atoms with E-state index >= 15 is 0 Å². The van der Waals surface area contributed by atoms with Crippen molar-refractivity contribution < 1.29 is 0 Å². The predicted molar refractivity (Wildman–Crippen MR) is 75.1 cm³/mol. The highest BCUT2D eigenvalue weighted by Gasteiger charge is 2.07. The Balaban J connectivity index is 0.00000144. The summed E-state index contributed by atoms with van der Waals surface area (Å²) < 4.78 is 0. The molecule has 0 spiro atoms. The second kappa shape index (κ2) is 5.55. The van der Waals surface area contributed by atoms with E-state index in [-0.39, 0.29) is 12.4 Å². The molecule has 0 aliphatic carbocycles. The second-order valence-corrected chi connectivity index (χ2v) is 3.68. The van der Waals surface area contributed by atoms with Crippen LogP contribution < -0.4 is 11.5 Å². The van der Waals surface area contributed by atoms with Gasteiger partial charge in [-0.3, -0.25) is 0 Å².